The Balaban J connectivity index is 1.27. The third kappa shape index (κ3) is 3.78. The Hall–Kier alpha value is -2.94. The van der Waals surface area contributed by atoms with Crippen molar-refractivity contribution in [2.24, 2.45) is 0 Å². The number of hydrogen-bond donors (Lipinski definition) is 3. The number of anilines is 1. The number of amides is 2. The third-order valence-electron chi connectivity index (χ3n) is 6.29. The van der Waals surface area contributed by atoms with E-state index in [0.29, 0.717) is 11.4 Å². The van der Waals surface area contributed by atoms with E-state index in [-0.39, 0.29) is 30.6 Å². The van der Waals surface area contributed by atoms with E-state index in [1.165, 1.54) is 10.5 Å². The van der Waals surface area contributed by atoms with Gasteiger partial charge in [0.1, 0.15) is 18.4 Å². The van der Waals surface area contributed by atoms with Gasteiger partial charge in [0, 0.05) is 7.05 Å². The summed E-state index contributed by atoms with van der Waals surface area (Å²) in [5.41, 5.74) is 5.26. The fourth-order valence-electron chi connectivity index (χ4n) is 4.67. The molecule has 2 amide bonds. The van der Waals surface area contributed by atoms with Crippen LogP contribution in [0.15, 0.2) is 54.6 Å². The molecule has 2 saturated heterocycles. The number of para-hydroxylation sites is 2. The van der Waals surface area contributed by atoms with E-state index in [1.54, 1.807) is 7.05 Å². The monoisotopic (exact) mass is 421 g/mol. The molecule has 3 N–H and O–H groups in total. The van der Waals surface area contributed by atoms with Gasteiger partial charge in [-0.05, 0) is 37.0 Å². The summed E-state index contributed by atoms with van der Waals surface area (Å²) in [6, 6.07) is 17.2. The largest absolute Gasteiger partial charge is 0.489 e. The zero-order valence-electron chi connectivity index (χ0n) is 17.5. The second kappa shape index (κ2) is 8.30. The summed E-state index contributed by atoms with van der Waals surface area (Å²) >= 11 is 0. The van der Waals surface area contributed by atoms with Gasteiger partial charge in [0.15, 0.2) is 6.17 Å². The molecule has 0 bridgehead atoms. The van der Waals surface area contributed by atoms with E-state index in [4.69, 9.17) is 4.74 Å². The first-order valence-corrected chi connectivity index (χ1v) is 10.8. The summed E-state index contributed by atoms with van der Waals surface area (Å²) in [5.74, 6) is 0.175. The van der Waals surface area contributed by atoms with Crippen LogP contribution in [-0.2, 0) is 9.59 Å². The first kappa shape index (κ1) is 20.0. The summed E-state index contributed by atoms with van der Waals surface area (Å²) in [6.45, 7) is 0.0957. The predicted molar refractivity (Wildman–Crippen MR) is 116 cm³/mol. The fraction of sp³-hybridized carbons (Fsp3) is 0.391. The van der Waals surface area contributed by atoms with Crippen LogP contribution in [0.5, 0.6) is 5.75 Å². The lowest BCUT2D eigenvalue weighted by Gasteiger charge is -2.36. The van der Waals surface area contributed by atoms with Crippen LogP contribution in [0.3, 0.4) is 0 Å². The average Bonchev–Trinajstić information content (AvgIpc) is 3.22. The third-order valence-corrected chi connectivity index (χ3v) is 6.29. The van der Waals surface area contributed by atoms with Gasteiger partial charge in [-0.2, -0.15) is 0 Å². The number of piperidine rings is 1. The van der Waals surface area contributed by atoms with E-state index in [1.807, 2.05) is 42.5 Å². The molecule has 2 aromatic rings. The molecule has 3 aliphatic rings. The SMILES string of the molecule is CN1C(=O)[C@@H](NC(=O)C2NC3CCC[C@H](c4ccccc4)N3N2)COc2ccccc21. The van der Waals surface area contributed by atoms with E-state index in [0.717, 1.165) is 19.3 Å². The lowest BCUT2D eigenvalue weighted by Crippen LogP contribution is -2.56. The van der Waals surface area contributed by atoms with Gasteiger partial charge in [0.25, 0.3) is 11.8 Å². The zero-order valence-corrected chi connectivity index (χ0v) is 17.5. The highest BCUT2D eigenvalue weighted by molar-refractivity contribution is 6.01. The Morgan fingerprint density at radius 3 is 2.71 bits per heavy atom. The van der Waals surface area contributed by atoms with Crippen molar-refractivity contribution in [3.63, 3.8) is 0 Å². The molecule has 8 heteroatoms. The maximum atomic E-state index is 13.0. The van der Waals surface area contributed by atoms with Crippen LogP contribution in [0.2, 0.25) is 0 Å². The van der Waals surface area contributed by atoms with Gasteiger partial charge >= 0.3 is 0 Å². The van der Waals surface area contributed by atoms with Crippen molar-refractivity contribution in [2.45, 2.75) is 43.7 Å². The minimum Gasteiger partial charge on any atom is -0.489 e. The number of carbonyl (C=O) groups excluding carboxylic acids is 2. The number of nitrogens with zero attached hydrogens (tertiary/aromatic N) is 2. The summed E-state index contributed by atoms with van der Waals surface area (Å²) in [7, 11) is 1.70. The number of rotatable bonds is 3. The second-order valence-corrected chi connectivity index (χ2v) is 8.25. The van der Waals surface area contributed by atoms with Crippen LogP contribution >= 0.6 is 0 Å². The van der Waals surface area contributed by atoms with Crippen molar-refractivity contribution in [3.8, 4) is 5.75 Å². The Kier molecular flexibility index (Phi) is 5.35. The van der Waals surface area contributed by atoms with Crippen molar-refractivity contribution < 1.29 is 14.3 Å². The zero-order chi connectivity index (χ0) is 21.4. The van der Waals surface area contributed by atoms with E-state index < -0.39 is 12.2 Å². The molecule has 31 heavy (non-hydrogen) atoms. The van der Waals surface area contributed by atoms with Gasteiger partial charge in [-0.1, -0.05) is 42.5 Å². The molecule has 0 spiro atoms. The van der Waals surface area contributed by atoms with Crippen molar-refractivity contribution in [1.29, 1.82) is 0 Å². The molecule has 0 radical (unpaired) electrons. The Labute approximate surface area is 181 Å². The van der Waals surface area contributed by atoms with Crippen molar-refractivity contribution in [2.75, 3.05) is 18.6 Å². The lowest BCUT2D eigenvalue weighted by atomic mass is 9.95. The van der Waals surface area contributed by atoms with Gasteiger partial charge in [0.05, 0.1) is 17.9 Å². The number of benzene rings is 2. The van der Waals surface area contributed by atoms with Crippen molar-refractivity contribution in [3.05, 3.63) is 60.2 Å². The molecule has 4 atom stereocenters. The molecule has 8 nitrogen and oxygen atoms in total. The molecule has 3 heterocycles. The second-order valence-electron chi connectivity index (χ2n) is 8.25. The normalized spacial score (nSPS) is 28.3. The van der Waals surface area contributed by atoms with Gasteiger partial charge in [-0.15, -0.1) is 0 Å². The highest BCUT2D eigenvalue weighted by Gasteiger charge is 2.42. The van der Waals surface area contributed by atoms with Crippen LogP contribution in [0.25, 0.3) is 0 Å². The maximum Gasteiger partial charge on any atom is 0.253 e. The van der Waals surface area contributed by atoms with Crippen LogP contribution in [0.4, 0.5) is 5.69 Å². The molecule has 2 aromatic carbocycles. The Morgan fingerprint density at radius 2 is 1.87 bits per heavy atom. The first-order chi connectivity index (χ1) is 15.1. The number of hydrazine groups is 1. The lowest BCUT2D eigenvalue weighted by molar-refractivity contribution is -0.129. The summed E-state index contributed by atoms with van der Waals surface area (Å²) < 4.78 is 5.81. The summed E-state index contributed by atoms with van der Waals surface area (Å²) in [4.78, 5) is 27.5. The molecular formula is C23H27N5O3. The van der Waals surface area contributed by atoms with Gasteiger partial charge in [0.2, 0.25) is 0 Å². The van der Waals surface area contributed by atoms with Gasteiger partial charge < -0.3 is 15.0 Å². The summed E-state index contributed by atoms with van der Waals surface area (Å²) in [5, 5.41) is 8.40. The number of nitrogens with one attached hydrogen (secondary N) is 3. The van der Waals surface area contributed by atoms with E-state index >= 15 is 0 Å². The van der Waals surface area contributed by atoms with E-state index in [2.05, 4.69) is 33.2 Å². The minimum absolute atomic E-state index is 0.0720. The molecular weight excluding hydrogens is 394 g/mol. The number of ether oxygens (including phenoxy) is 1. The smallest absolute Gasteiger partial charge is 0.253 e. The van der Waals surface area contributed by atoms with Crippen LogP contribution in [-0.4, -0.2) is 48.9 Å². The van der Waals surface area contributed by atoms with Gasteiger partial charge in [-0.3, -0.25) is 14.9 Å². The minimum atomic E-state index is -0.754. The van der Waals surface area contributed by atoms with Crippen LogP contribution in [0, 0.1) is 0 Å². The number of carbonyl (C=O) groups is 2. The summed E-state index contributed by atoms with van der Waals surface area (Å²) in [6.07, 6.45) is 2.55. The number of fused-ring (bicyclic) bond motifs is 2. The maximum absolute atomic E-state index is 13.0. The van der Waals surface area contributed by atoms with Crippen LogP contribution < -0.4 is 25.7 Å². The van der Waals surface area contributed by atoms with Crippen LogP contribution in [0.1, 0.15) is 30.9 Å². The van der Waals surface area contributed by atoms with Gasteiger partial charge in [-0.25, -0.2) is 10.4 Å². The Morgan fingerprint density at radius 1 is 1.10 bits per heavy atom. The number of likely N-dealkylation sites (N-methyl/N-ethyl adjacent to an activating group) is 1. The highest BCUT2D eigenvalue weighted by atomic mass is 16.5. The van der Waals surface area contributed by atoms with Crippen molar-refractivity contribution >= 4 is 17.5 Å². The molecule has 0 aromatic heterocycles. The molecule has 0 saturated carbocycles. The molecule has 0 aliphatic carbocycles. The fourth-order valence-corrected chi connectivity index (χ4v) is 4.67. The molecule has 2 unspecified atom stereocenters. The number of hydrogen-bond acceptors (Lipinski definition) is 6. The van der Waals surface area contributed by atoms with Crippen molar-refractivity contribution in [1.82, 2.24) is 21.1 Å². The average molecular weight is 422 g/mol. The Bertz CT molecular complexity index is 969. The molecule has 162 valence electrons. The first-order valence-electron chi connectivity index (χ1n) is 10.8. The topological polar surface area (TPSA) is 85.9 Å². The quantitative estimate of drug-likeness (QED) is 0.697. The predicted octanol–water partition coefficient (Wildman–Crippen LogP) is 1.51. The molecule has 3 aliphatic heterocycles. The highest BCUT2D eigenvalue weighted by Crippen LogP contribution is 2.34. The molecule has 2 fully saturated rings. The van der Waals surface area contributed by atoms with E-state index in [9.17, 15) is 9.59 Å². The standard InChI is InChI=1S/C23H27N5O3/c1-27-18-10-5-6-12-19(18)31-14-16(23(27)30)24-22(29)21-25-20-13-7-11-17(28(20)26-21)15-8-3-2-4-9-15/h2-6,8-10,12,16-17,20-21,25-26H,7,11,13-14H2,1H3,(H,24,29)/t16-,17+,20?,21?/m0/s1. The molecule has 5 rings (SSSR count).